The lowest BCUT2D eigenvalue weighted by atomic mass is 9.99. The van der Waals surface area contributed by atoms with Crippen LogP contribution in [0.15, 0.2) is 6.07 Å². The van der Waals surface area contributed by atoms with Crippen LogP contribution in [0.1, 0.15) is 95.8 Å². The van der Waals surface area contributed by atoms with Crippen LogP contribution < -0.4 is 21.3 Å². The number of nitrogens with one attached hydrogen (secondary N) is 4. The van der Waals surface area contributed by atoms with Gasteiger partial charge >= 0.3 is 12.1 Å². The summed E-state index contributed by atoms with van der Waals surface area (Å²) in [4.78, 5) is 25.1. The molecule has 1 rings (SSSR count). The fourth-order valence-corrected chi connectivity index (χ4v) is 4.00. The molecule has 6 heteroatoms. The second-order valence-corrected chi connectivity index (χ2v) is 9.35. The van der Waals surface area contributed by atoms with Crippen molar-refractivity contribution in [2.45, 2.75) is 99.8 Å². The van der Waals surface area contributed by atoms with E-state index in [9.17, 15) is 9.59 Å². The van der Waals surface area contributed by atoms with Gasteiger partial charge in [0.2, 0.25) is 0 Å². The van der Waals surface area contributed by atoms with Crippen molar-refractivity contribution in [1.29, 1.82) is 0 Å². The highest BCUT2D eigenvalue weighted by Crippen LogP contribution is 2.29. The summed E-state index contributed by atoms with van der Waals surface area (Å²) in [5.74, 6) is 1.00. The smallest absolute Gasteiger partial charge is 0.319 e. The molecule has 188 valence electrons. The summed E-state index contributed by atoms with van der Waals surface area (Å²) < 4.78 is 0. The van der Waals surface area contributed by atoms with Gasteiger partial charge in [-0.1, -0.05) is 66.2 Å². The largest absolute Gasteiger partial charge is 0.338 e. The molecule has 33 heavy (non-hydrogen) atoms. The van der Waals surface area contributed by atoms with Crippen LogP contribution in [0.4, 0.5) is 21.0 Å². The van der Waals surface area contributed by atoms with E-state index in [1.54, 1.807) is 0 Å². The van der Waals surface area contributed by atoms with Crippen molar-refractivity contribution < 1.29 is 9.59 Å². The maximum Gasteiger partial charge on any atom is 0.319 e. The van der Waals surface area contributed by atoms with Gasteiger partial charge in [-0.2, -0.15) is 0 Å². The Morgan fingerprint density at radius 2 is 1.09 bits per heavy atom. The Labute approximate surface area is 202 Å². The SMILES string of the molecule is CCCCC(CC)CNC(=O)Nc1cc(NC(=O)NCC(CC)CCCC)c(C)c(C)c1C. The topological polar surface area (TPSA) is 82.3 Å². The second kappa shape index (κ2) is 15.6. The minimum absolute atomic E-state index is 0.201. The van der Waals surface area contributed by atoms with Gasteiger partial charge in [0.25, 0.3) is 0 Å². The standard InChI is InChI=1S/C27H48N4O2/c1-8-12-14-22(10-3)17-28-26(32)30-24-16-25(21(7)19(5)20(24)6)31-27(33)29-18-23(11-4)15-13-9-2/h16,22-23H,8-15,17-18H2,1-7H3,(H2,28,30,32)(H2,29,31,33). The van der Waals surface area contributed by atoms with Crippen molar-refractivity contribution in [2.75, 3.05) is 23.7 Å². The molecule has 0 aliphatic rings. The Balaban J connectivity index is 2.77. The molecule has 0 aliphatic carbocycles. The van der Waals surface area contributed by atoms with Crippen molar-refractivity contribution in [3.8, 4) is 0 Å². The molecule has 0 fully saturated rings. The third kappa shape index (κ3) is 10.1. The minimum atomic E-state index is -0.201. The van der Waals surface area contributed by atoms with Gasteiger partial charge < -0.3 is 21.3 Å². The highest BCUT2D eigenvalue weighted by atomic mass is 16.2. The normalized spacial score (nSPS) is 12.7. The molecule has 2 unspecified atom stereocenters. The molecular weight excluding hydrogens is 412 g/mol. The van der Waals surface area contributed by atoms with E-state index in [1.807, 2.05) is 26.8 Å². The summed E-state index contributed by atoms with van der Waals surface area (Å²) in [6, 6.07) is 1.46. The van der Waals surface area contributed by atoms with Gasteiger partial charge in [-0.3, -0.25) is 0 Å². The average Bonchev–Trinajstić information content (AvgIpc) is 2.81. The van der Waals surface area contributed by atoms with Crippen molar-refractivity contribution in [2.24, 2.45) is 11.8 Å². The number of carbonyl (C=O) groups is 2. The summed E-state index contributed by atoms with van der Waals surface area (Å²) >= 11 is 0. The van der Waals surface area contributed by atoms with Crippen LogP contribution in [-0.4, -0.2) is 25.2 Å². The summed E-state index contributed by atoms with van der Waals surface area (Å²) in [7, 11) is 0. The van der Waals surface area contributed by atoms with Crippen LogP contribution in [0.3, 0.4) is 0 Å². The highest BCUT2D eigenvalue weighted by molar-refractivity contribution is 5.94. The number of unbranched alkanes of at least 4 members (excludes halogenated alkanes) is 2. The fraction of sp³-hybridized carbons (Fsp3) is 0.704. The minimum Gasteiger partial charge on any atom is -0.338 e. The van der Waals surface area contributed by atoms with Gasteiger partial charge in [-0.05, 0) is 68.2 Å². The van der Waals surface area contributed by atoms with Crippen LogP contribution in [0.5, 0.6) is 0 Å². The van der Waals surface area contributed by atoms with Crippen LogP contribution >= 0.6 is 0 Å². The molecule has 4 N–H and O–H groups in total. The zero-order valence-corrected chi connectivity index (χ0v) is 22.1. The molecule has 4 amide bonds. The molecule has 1 aromatic carbocycles. The number of anilines is 2. The van der Waals surface area contributed by atoms with Crippen LogP contribution in [0.2, 0.25) is 0 Å². The molecule has 0 radical (unpaired) electrons. The first-order chi connectivity index (χ1) is 15.8. The predicted molar refractivity (Wildman–Crippen MR) is 141 cm³/mol. The third-order valence-corrected chi connectivity index (χ3v) is 6.91. The Bertz CT molecular complexity index is 690. The Hall–Kier alpha value is -2.24. The van der Waals surface area contributed by atoms with E-state index in [1.165, 1.54) is 25.7 Å². The molecular formula is C27H48N4O2. The molecule has 0 saturated heterocycles. The fourth-order valence-electron chi connectivity index (χ4n) is 4.00. The lowest BCUT2D eigenvalue weighted by molar-refractivity contribution is 0.248. The molecule has 0 bridgehead atoms. The summed E-state index contributed by atoms with van der Waals surface area (Å²) in [6.07, 6.45) is 9.11. The molecule has 0 aromatic heterocycles. The third-order valence-electron chi connectivity index (χ3n) is 6.91. The zero-order chi connectivity index (χ0) is 24.8. The van der Waals surface area contributed by atoms with E-state index in [0.29, 0.717) is 24.9 Å². The Kier molecular flexibility index (Phi) is 13.6. The predicted octanol–water partition coefficient (Wildman–Crippen LogP) is 7.29. The van der Waals surface area contributed by atoms with E-state index in [4.69, 9.17) is 0 Å². The zero-order valence-electron chi connectivity index (χ0n) is 22.1. The van der Waals surface area contributed by atoms with Crippen molar-refractivity contribution in [3.63, 3.8) is 0 Å². The van der Waals surface area contributed by atoms with Gasteiger partial charge in [0.05, 0.1) is 0 Å². The van der Waals surface area contributed by atoms with E-state index in [2.05, 4.69) is 49.0 Å². The van der Waals surface area contributed by atoms with Gasteiger partial charge in [-0.25, -0.2) is 9.59 Å². The van der Waals surface area contributed by atoms with Crippen LogP contribution in [-0.2, 0) is 0 Å². The number of benzene rings is 1. The van der Waals surface area contributed by atoms with Gasteiger partial charge in [0, 0.05) is 24.5 Å². The maximum absolute atomic E-state index is 12.6. The second-order valence-electron chi connectivity index (χ2n) is 9.35. The number of hydrogen-bond acceptors (Lipinski definition) is 2. The van der Waals surface area contributed by atoms with Gasteiger partial charge in [-0.15, -0.1) is 0 Å². The van der Waals surface area contributed by atoms with E-state index in [-0.39, 0.29) is 12.1 Å². The number of urea groups is 2. The Morgan fingerprint density at radius 1 is 0.697 bits per heavy atom. The van der Waals surface area contributed by atoms with Crippen molar-refractivity contribution >= 4 is 23.4 Å². The Morgan fingerprint density at radius 3 is 1.42 bits per heavy atom. The lowest BCUT2D eigenvalue weighted by Gasteiger charge is -2.20. The first-order valence-electron chi connectivity index (χ1n) is 13.0. The highest BCUT2D eigenvalue weighted by Gasteiger charge is 2.15. The number of rotatable bonds is 14. The molecule has 0 aliphatic heterocycles. The first-order valence-corrected chi connectivity index (χ1v) is 13.0. The van der Waals surface area contributed by atoms with E-state index >= 15 is 0 Å². The molecule has 0 spiro atoms. The monoisotopic (exact) mass is 460 g/mol. The number of carbonyl (C=O) groups excluding carboxylic acids is 2. The van der Waals surface area contributed by atoms with Crippen LogP contribution in [0, 0.1) is 32.6 Å². The van der Waals surface area contributed by atoms with E-state index < -0.39 is 0 Å². The van der Waals surface area contributed by atoms with Crippen molar-refractivity contribution in [3.05, 3.63) is 22.8 Å². The van der Waals surface area contributed by atoms with Crippen LogP contribution in [0.25, 0.3) is 0 Å². The van der Waals surface area contributed by atoms with E-state index in [0.717, 1.165) is 53.7 Å². The molecule has 2 atom stereocenters. The van der Waals surface area contributed by atoms with Gasteiger partial charge in [0.15, 0.2) is 0 Å². The quantitative estimate of drug-likeness (QED) is 0.235. The van der Waals surface area contributed by atoms with Crippen molar-refractivity contribution in [1.82, 2.24) is 10.6 Å². The first kappa shape index (κ1) is 28.8. The number of hydrogen-bond donors (Lipinski definition) is 4. The summed E-state index contributed by atoms with van der Waals surface area (Å²) in [5.41, 5.74) is 4.53. The average molecular weight is 461 g/mol. The molecule has 0 heterocycles. The lowest BCUT2D eigenvalue weighted by Crippen LogP contribution is -2.34. The molecule has 0 saturated carbocycles. The summed E-state index contributed by atoms with van der Waals surface area (Å²) in [6.45, 7) is 16.1. The molecule has 1 aromatic rings. The number of amides is 4. The maximum atomic E-state index is 12.6. The van der Waals surface area contributed by atoms with Gasteiger partial charge in [0.1, 0.15) is 0 Å². The summed E-state index contributed by atoms with van der Waals surface area (Å²) in [5, 5.41) is 12.0. The molecule has 6 nitrogen and oxygen atoms in total.